The van der Waals surface area contributed by atoms with Crippen LogP contribution in [0.3, 0.4) is 0 Å². The number of benzene rings is 3. The van der Waals surface area contributed by atoms with Crippen molar-refractivity contribution in [3.63, 3.8) is 0 Å². The number of para-hydroxylation sites is 1. The minimum atomic E-state index is -1.23. The fourth-order valence-corrected chi connectivity index (χ4v) is 6.23. The summed E-state index contributed by atoms with van der Waals surface area (Å²) in [5, 5.41) is 2.91. The predicted octanol–water partition coefficient (Wildman–Crippen LogP) is 5.34. The topological polar surface area (TPSA) is 69.7 Å². The zero-order valence-corrected chi connectivity index (χ0v) is 21.7. The van der Waals surface area contributed by atoms with Crippen molar-refractivity contribution in [1.82, 2.24) is 0 Å². The molecule has 6 nitrogen and oxygen atoms in total. The third-order valence-electron chi connectivity index (χ3n) is 6.98. The molecule has 0 aliphatic carbocycles. The van der Waals surface area contributed by atoms with Crippen LogP contribution >= 0.6 is 11.8 Å². The Morgan fingerprint density at radius 3 is 2.42 bits per heavy atom. The normalized spacial score (nSPS) is 18.9. The first kappa shape index (κ1) is 24.1. The van der Waals surface area contributed by atoms with Gasteiger partial charge in [0.05, 0.1) is 11.4 Å². The van der Waals surface area contributed by atoms with Gasteiger partial charge in [0.15, 0.2) is 0 Å². The number of nitrogens with one attached hydrogen (secondary N) is 1. The number of nitrogens with zero attached hydrogens (tertiary/aromatic N) is 2. The molecule has 2 heterocycles. The van der Waals surface area contributed by atoms with Crippen molar-refractivity contribution in [1.29, 1.82) is 0 Å². The van der Waals surface area contributed by atoms with E-state index in [1.165, 1.54) is 22.2 Å². The third-order valence-corrected chi connectivity index (χ3v) is 8.36. The predicted molar refractivity (Wildman–Crippen MR) is 145 cm³/mol. The van der Waals surface area contributed by atoms with Crippen LogP contribution in [0.4, 0.5) is 17.1 Å². The molecule has 0 radical (unpaired) electrons. The Morgan fingerprint density at radius 1 is 1.00 bits per heavy atom. The number of carbonyl (C=O) groups is 3. The van der Waals surface area contributed by atoms with E-state index >= 15 is 0 Å². The molecule has 1 saturated heterocycles. The van der Waals surface area contributed by atoms with Crippen molar-refractivity contribution in [3.8, 4) is 0 Å². The van der Waals surface area contributed by atoms with Gasteiger partial charge in [0, 0.05) is 16.9 Å². The summed E-state index contributed by atoms with van der Waals surface area (Å²) in [5.74, 6) is -0.1000. The average molecular weight is 500 g/mol. The Morgan fingerprint density at radius 2 is 1.72 bits per heavy atom. The van der Waals surface area contributed by atoms with Crippen molar-refractivity contribution < 1.29 is 14.4 Å². The quantitative estimate of drug-likeness (QED) is 0.514. The molecule has 3 aromatic rings. The molecule has 184 valence electrons. The van der Waals surface area contributed by atoms with Gasteiger partial charge in [0.1, 0.15) is 6.54 Å². The Labute approximate surface area is 215 Å². The Balaban J connectivity index is 1.47. The lowest BCUT2D eigenvalue weighted by Crippen LogP contribution is -2.50. The summed E-state index contributed by atoms with van der Waals surface area (Å²) in [6, 6.07) is 21.0. The van der Waals surface area contributed by atoms with Gasteiger partial charge < -0.3 is 5.32 Å². The zero-order chi connectivity index (χ0) is 25.6. The van der Waals surface area contributed by atoms with E-state index in [0.29, 0.717) is 23.0 Å². The highest BCUT2D eigenvalue weighted by molar-refractivity contribution is 8.02. The van der Waals surface area contributed by atoms with Crippen LogP contribution in [0.1, 0.15) is 42.0 Å². The fourth-order valence-electron chi connectivity index (χ4n) is 4.87. The summed E-state index contributed by atoms with van der Waals surface area (Å²) < 4.78 is 0. The second kappa shape index (κ2) is 9.13. The molecule has 0 aromatic heterocycles. The lowest BCUT2D eigenvalue weighted by Gasteiger charge is -2.33. The van der Waals surface area contributed by atoms with E-state index in [1.54, 1.807) is 4.90 Å². The smallest absolute Gasteiger partial charge is 0.269 e. The molecule has 2 aliphatic rings. The van der Waals surface area contributed by atoms with E-state index in [4.69, 9.17) is 0 Å². The lowest BCUT2D eigenvalue weighted by atomic mass is 10.0. The zero-order valence-electron chi connectivity index (χ0n) is 20.9. The van der Waals surface area contributed by atoms with E-state index in [1.807, 2.05) is 80.6 Å². The van der Waals surface area contributed by atoms with Crippen LogP contribution in [0.15, 0.2) is 66.7 Å². The maximum absolute atomic E-state index is 14.1. The van der Waals surface area contributed by atoms with E-state index in [9.17, 15) is 14.4 Å². The second-order valence-electron chi connectivity index (χ2n) is 9.66. The summed E-state index contributed by atoms with van der Waals surface area (Å²) in [6.07, 6.45) is 0. The van der Waals surface area contributed by atoms with Crippen molar-refractivity contribution in [2.24, 2.45) is 0 Å². The molecule has 1 atom stereocenters. The number of fused-ring (bicyclic) bond motifs is 2. The molecule has 0 unspecified atom stereocenters. The van der Waals surface area contributed by atoms with E-state index in [-0.39, 0.29) is 30.0 Å². The number of thioether (sulfide) groups is 1. The second-order valence-corrected chi connectivity index (χ2v) is 10.8. The van der Waals surface area contributed by atoms with Crippen molar-refractivity contribution in [2.75, 3.05) is 27.4 Å². The first-order chi connectivity index (χ1) is 17.2. The molecule has 36 heavy (non-hydrogen) atoms. The van der Waals surface area contributed by atoms with E-state index in [2.05, 4.69) is 19.2 Å². The van der Waals surface area contributed by atoms with E-state index in [0.717, 1.165) is 16.7 Å². The van der Waals surface area contributed by atoms with Crippen LogP contribution in [-0.2, 0) is 19.3 Å². The highest BCUT2D eigenvalue weighted by Crippen LogP contribution is 2.55. The Bertz CT molecular complexity index is 1370. The maximum atomic E-state index is 14.1. The molecule has 1 spiro atoms. The van der Waals surface area contributed by atoms with Gasteiger partial charge in [-0.15, -0.1) is 11.8 Å². The van der Waals surface area contributed by atoms with Gasteiger partial charge in [-0.25, -0.2) is 0 Å². The first-order valence-electron chi connectivity index (χ1n) is 12.1. The molecule has 1 N–H and O–H groups in total. The van der Waals surface area contributed by atoms with Gasteiger partial charge in [0.2, 0.25) is 16.7 Å². The Hall–Kier alpha value is -3.58. The molecule has 3 amide bonds. The highest BCUT2D eigenvalue weighted by Gasteiger charge is 2.61. The molecule has 5 rings (SSSR count). The number of hydrogen-bond donors (Lipinski definition) is 1. The summed E-state index contributed by atoms with van der Waals surface area (Å²) in [6.45, 7) is 8.11. The summed E-state index contributed by atoms with van der Waals surface area (Å²) in [5.41, 5.74) is 6.11. The van der Waals surface area contributed by atoms with Crippen LogP contribution in [0, 0.1) is 13.8 Å². The van der Waals surface area contributed by atoms with Crippen LogP contribution in [0.2, 0.25) is 0 Å². The maximum Gasteiger partial charge on any atom is 0.269 e. The van der Waals surface area contributed by atoms with Gasteiger partial charge in [-0.2, -0.15) is 0 Å². The van der Waals surface area contributed by atoms with Crippen molar-refractivity contribution in [2.45, 2.75) is 38.5 Å². The van der Waals surface area contributed by atoms with Crippen LogP contribution in [-0.4, -0.2) is 30.0 Å². The number of anilines is 3. The average Bonchev–Trinajstić information content (AvgIpc) is 3.32. The van der Waals surface area contributed by atoms with Crippen molar-refractivity contribution >= 4 is 46.5 Å². The van der Waals surface area contributed by atoms with Gasteiger partial charge >= 0.3 is 0 Å². The summed E-state index contributed by atoms with van der Waals surface area (Å²) >= 11 is 1.32. The van der Waals surface area contributed by atoms with Crippen molar-refractivity contribution in [3.05, 3.63) is 89.0 Å². The van der Waals surface area contributed by atoms with Crippen LogP contribution in [0.25, 0.3) is 0 Å². The number of amides is 3. The monoisotopic (exact) mass is 499 g/mol. The molecular formula is C29H29N3O3S. The first-order valence-corrected chi connectivity index (χ1v) is 13.1. The standard InChI is InChI=1S/C29H29N3O3S/c1-18(2)21-10-12-22(13-11-21)30-26(33)16-31-25-8-6-5-7-24(25)29(28(31)35)32(27(34)17-36-29)23-14-9-19(3)20(4)15-23/h5-15,18H,16-17H2,1-4H3,(H,30,33)/t29-/m0/s1. The molecule has 1 fully saturated rings. The number of hydrogen-bond acceptors (Lipinski definition) is 4. The number of rotatable bonds is 5. The molecular weight excluding hydrogens is 470 g/mol. The number of aryl methyl sites for hydroxylation is 2. The minimum absolute atomic E-state index is 0.122. The summed E-state index contributed by atoms with van der Waals surface area (Å²) in [7, 11) is 0. The molecule has 0 bridgehead atoms. The van der Waals surface area contributed by atoms with Gasteiger partial charge in [-0.05, 0) is 66.8 Å². The largest absolute Gasteiger partial charge is 0.325 e. The van der Waals surface area contributed by atoms with Gasteiger partial charge in [0.25, 0.3) is 5.91 Å². The highest BCUT2D eigenvalue weighted by atomic mass is 32.2. The van der Waals surface area contributed by atoms with Crippen LogP contribution < -0.4 is 15.1 Å². The molecule has 2 aliphatic heterocycles. The minimum Gasteiger partial charge on any atom is -0.325 e. The van der Waals surface area contributed by atoms with Gasteiger partial charge in [-0.3, -0.25) is 24.2 Å². The molecule has 3 aromatic carbocycles. The van der Waals surface area contributed by atoms with Gasteiger partial charge in [-0.1, -0.05) is 50.2 Å². The fraction of sp³-hybridized carbons (Fsp3) is 0.276. The third kappa shape index (κ3) is 3.88. The molecule has 7 heteroatoms. The molecule has 0 saturated carbocycles. The summed E-state index contributed by atoms with van der Waals surface area (Å²) in [4.78, 5) is 42.2. The van der Waals surface area contributed by atoms with Crippen LogP contribution in [0.5, 0.6) is 0 Å². The van der Waals surface area contributed by atoms with E-state index < -0.39 is 4.87 Å². The SMILES string of the molecule is Cc1ccc(N2C(=O)CS[C@@]23C(=O)N(CC(=O)Nc2ccc(C(C)C)cc2)c2ccccc23)cc1C. The number of carbonyl (C=O) groups excluding carboxylic acids is 3. The lowest BCUT2D eigenvalue weighted by molar-refractivity contribution is -0.124. The Kier molecular flexibility index (Phi) is 6.12.